The first-order chi connectivity index (χ1) is 15.9. The zero-order valence-corrected chi connectivity index (χ0v) is 17.4. The molecule has 1 N–H and O–H groups in total. The van der Waals surface area contributed by atoms with E-state index in [0.29, 0.717) is 49.2 Å². The molecule has 1 aromatic carbocycles. The lowest BCUT2D eigenvalue weighted by Crippen LogP contribution is -2.37. The molecule has 0 radical (unpaired) electrons. The first kappa shape index (κ1) is 22.6. The van der Waals surface area contributed by atoms with Gasteiger partial charge in [0.1, 0.15) is 0 Å². The summed E-state index contributed by atoms with van der Waals surface area (Å²) in [6.07, 6.45) is -0.260. The fraction of sp³-hybridized carbons (Fsp3) is 0.273. The second-order valence-electron chi connectivity index (χ2n) is 7.20. The van der Waals surface area contributed by atoms with Gasteiger partial charge >= 0.3 is 6.18 Å². The number of alkyl halides is 3. The fourth-order valence-electron chi connectivity index (χ4n) is 3.18. The van der Waals surface area contributed by atoms with Crippen molar-refractivity contribution in [2.75, 3.05) is 36.5 Å². The van der Waals surface area contributed by atoms with Crippen molar-refractivity contribution in [2.45, 2.75) is 12.7 Å². The van der Waals surface area contributed by atoms with Crippen molar-refractivity contribution in [3.8, 4) is 0 Å². The SMILES string of the molecule is Fc1cnc(CN=Cc2ccc(Nc3cccc(C(F)(F)F)c3)cn2)nc1N1CCOCC1. The van der Waals surface area contributed by atoms with Gasteiger partial charge in [-0.2, -0.15) is 13.2 Å². The van der Waals surface area contributed by atoms with Crippen molar-refractivity contribution >= 4 is 23.4 Å². The third-order valence-electron chi connectivity index (χ3n) is 4.81. The van der Waals surface area contributed by atoms with Crippen LogP contribution in [0.3, 0.4) is 0 Å². The Balaban J connectivity index is 1.37. The van der Waals surface area contributed by atoms with Gasteiger partial charge in [-0.05, 0) is 30.3 Å². The molecule has 2 aromatic heterocycles. The maximum Gasteiger partial charge on any atom is 0.416 e. The number of aliphatic imine (C=N–C) groups is 1. The van der Waals surface area contributed by atoms with Crippen LogP contribution in [0.4, 0.5) is 34.8 Å². The lowest BCUT2D eigenvalue weighted by atomic mass is 10.2. The van der Waals surface area contributed by atoms with E-state index >= 15 is 0 Å². The molecule has 11 heteroatoms. The highest BCUT2D eigenvalue weighted by atomic mass is 19.4. The third-order valence-corrected chi connectivity index (χ3v) is 4.81. The molecular formula is C22H20F4N6O. The molecule has 0 atom stereocenters. The summed E-state index contributed by atoms with van der Waals surface area (Å²) in [4.78, 5) is 18.5. The van der Waals surface area contributed by atoms with Gasteiger partial charge in [0.15, 0.2) is 17.5 Å². The summed E-state index contributed by atoms with van der Waals surface area (Å²) in [5.41, 5.74) is 0.644. The van der Waals surface area contributed by atoms with Gasteiger partial charge in [-0.15, -0.1) is 0 Å². The van der Waals surface area contributed by atoms with E-state index < -0.39 is 17.6 Å². The summed E-state index contributed by atoms with van der Waals surface area (Å²) in [6.45, 7) is 2.29. The van der Waals surface area contributed by atoms with E-state index in [-0.39, 0.29) is 12.4 Å². The number of benzene rings is 1. The fourth-order valence-corrected chi connectivity index (χ4v) is 3.18. The second-order valence-corrected chi connectivity index (χ2v) is 7.20. The van der Waals surface area contributed by atoms with Crippen LogP contribution in [0, 0.1) is 5.82 Å². The van der Waals surface area contributed by atoms with E-state index in [9.17, 15) is 17.6 Å². The lowest BCUT2D eigenvalue weighted by molar-refractivity contribution is -0.137. The van der Waals surface area contributed by atoms with E-state index in [0.717, 1.165) is 18.3 Å². The molecule has 1 saturated heterocycles. The van der Waals surface area contributed by atoms with Crippen molar-refractivity contribution in [1.29, 1.82) is 0 Å². The van der Waals surface area contributed by atoms with Crippen LogP contribution >= 0.6 is 0 Å². The molecule has 0 aliphatic carbocycles. The standard InChI is InChI=1S/C22H20F4N6O/c23-19-13-29-20(31-21(19)32-6-8-33-9-7-32)14-27-11-17-4-5-18(12-28-17)30-16-3-1-2-15(10-16)22(24,25)26/h1-5,10-13,30H,6-9,14H2. The molecule has 7 nitrogen and oxygen atoms in total. The number of halogens is 4. The number of ether oxygens (including phenoxy) is 1. The van der Waals surface area contributed by atoms with Gasteiger partial charge in [-0.25, -0.2) is 14.4 Å². The third kappa shape index (κ3) is 6.01. The number of anilines is 3. The highest BCUT2D eigenvalue weighted by Gasteiger charge is 2.30. The highest BCUT2D eigenvalue weighted by molar-refractivity contribution is 5.77. The molecule has 3 heterocycles. The number of rotatable bonds is 6. The predicted molar refractivity (Wildman–Crippen MR) is 115 cm³/mol. The molecule has 0 bridgehead atoms. The van der Waals surface area contributed by atoms with Crippen LogP contribution < -0.4 is 10.2 Å². The Hall–Kier alpha value is -3.60. The summed E-state index contributed by atoms with van der Waals surface area (Å²) in [5, 5.41) is 2.89. The first-order valence-electron chi connectivity index (χ1n) is 10.1. The molecule has 172 valence electrons. The van der Waals surface area contributed by atoms with E-state index in [1.807, 2.05) is 4.90 Å². The molecule has 1 aliphatic rings. The van der Waals surface area contributed by atoms with Gasteiger partial charge in [0.25, 0.3) is 0 Å². The maximum atomic E-state index is 14.1. The molecule has 4 rings (SSSR count). The van der Waals surface area contributed by atoms with Gasteiger partial charge in [0.2, 0.25) is 0 Å². The van der Waals surface area contributed by atoms with Crippen LogP contribution in [0.5, 0.6) is 0 Å². The van der Waals surface area contributed by atoms with Gasteiger partial charge in [-0.3, -0.25) is 9.98 Å². The Morgan fingerprint density at radius 3 is 2.61 bits per heavy atom. The summed E-state index contributed by atoms with van der Waals surface area (Å²) in [6, 6.07) is 8.27. The molecule has 0 saturated carbocycles. The van der Waals surface area contributed by atoms with Crippen LogP contribution in [-0.2, 0) is 17.5 Å². The van der Waals surface area contributed by atoms with Crippen LogP contribution in [0.1, 0.15) is 17.1 Å². The van der Waals surface area contributed by atoms with Crippen LogP contribution in [-0.4, -0.2) is 47.5 Å². The average Bonchev–Trinajstić information content (AvgIpc) is 2.81. The van der Waals surface area contributed by atoms with Gasteiger partial charge < -0.3 is 15.0 Å². The summed E-state index contributed by atoms with van der Waals surface area (Å²) in [5.74, 6) is 0.119. The quantitative estimate of drug-likeness (QED) is 0.438. The number of nitrogens with one attached hydrogen (secondary N) is 1. The van der Waals surface area contributed by atoms with Crippen LogP contribution in [0.25, 0.3) is 0 Å². The maximum absolute atomic E-state index is 14.1. The number of aromatic nitrogens is 3. The van der Waals surface area contributed by atoms with E-state index in [2.05, 4.69) is 25.3 Å². The van der Waals surface area contributed by atoms with Crippen LogP contribution in [0.2, 0.25) is 0 Å². The summed E-state index contributed by atoms with van der Waals surface area (Å²) >= 11 is 0. The van der Waals surface area contributed by atoms with Crippen LogP contribution in [0.15, 0.2) is 53.8 Å². The summed E-state index contributed by atoms with van der Waals surface area (Å²) in [7, 11) is 0. The molecule has 1 fully saturated rings. The molecule has 0 unspecified atom stereocenters. The molecular weight excluding hydrogens is 440 g/mol. The summed E-state index contributed by atoms with van der Waals surface area (Å²) < 4.78 is 57.9. The normalized spacial score (nSPS) is 14.6. The molecule has 0 spiro atoms. The number of hydrogen-bond donors (Lipinski definition) is 1. The van der Waals surface area contributed by atoms with Crippen molar-refractivity contribution in [3.63, 3.8) is 0 Å². The zero-order chi connectivity index (χ0) is 23.3. The molecule has 0 amide bonds. The Morgan fingerprint density at radius 2 is 1.88 bits per heavy atom. The molecule has 1 aliphatic heterocycles. The minimum absolute atomic E-state index is 0.142. The van der Waals surface area contributed by atoms with E-state index in [4.69, 9.17) is 4.74 Å². The Labute approximate surface area is 187 Å². The van der Waals surface area contributed by atoms with Crippen molar-refractivity contribution in [3.05, 3.63) is 71.7 Å². The van der Waals surface area contributed by atoms with Crippen molar-refractivity contribution < 1.29 is 22.3 Å². The average molecular weight is 460 g/mol. The number of hydrogen-bond acceptors (Lipinski definition) is 7. The highest BCUT2D eigenvalue weighted by Crippen LogP contribution is 2.31. The molecule has 3 aromatic rings. The number of pyridine rings is 1. The monoisotopic (exact) mass is 460 g/mol. The smallest absolute Gasteiger partial charge is 0.378 e. The Kier molecular flexibility index (Phi) is 6.78. The Bertz CT molecular complexity index is 1110. The van der Waals surface area contributed by atoms with Gasteiger partial charge in [0, 0.05) is 25.0 Å². The Morgan fingerprint density at radius 1 is 1.06 bits per heavy atom. The largest absolute Gasteiger partial charge is 0.416 e. The zero-order valence-electron chi connectivity index (χ0n) is 17.4. The molecule has 33 heavy (non-hydrogen) atoms. The number of morpholine rings is 1. The predicted octanol–water partition coefficient (Wildman–Crippen LogP) is 4.23. The van der Waals surface area contributed by atoms with Crippen molar-refractivity contribution in [2.24, 2.45) is 4.99 Å². The van der Waals surface area contributed by atoms with Gasteiger partial charge in [-0.1, -0.05) is 6.07 Å². The minimum atomic E-state index is -4.41. The number of nitrogens with zero attached hydrogens (tertiary/aromatic N) is 5. The minimum Gasteiger partial charge on any atom is -0.378 e. The van der Waals surface area contributed by atoms with E-state index in [1.54, 1.807) is 18.2 Å². The van der Waals surface area contributed by atoms with E-state index in [1.165, 1.54) is 18.5 Å². The second kappa shape index (κ2) is 9.90. The lowest BCUT2D eigenvalue weighted by Gasteiger charge is -2.28. The van der Waals surface area contributed by atoms with Gasteiger partial charge in [0.05, 0.1) is 49.1 Å². The topological polar surface area (TPSA) is 75.5 Å². The van der Waals surface area contributed by atoms with Crippen molar-refractivity contribution in [1.82, 2.24) is 15.0 Å². The first-order valence-corrected chi connectivity index (χ1v) is 10.1.